The van der Waals surface area contributed by atoms with Crippen molar-refractivity contribution in [3.63, 3.8) is 0 Å². The number of halogens is 1. The number of hydrogen-bond donors (Lipinski definition) is 1. The standard InChI is InChI=1S/C12H12BrN3O/c1-14-6-9-3-2-4-11(5-9)17-12-15-7-10(13)8-16-12/h2-5,7-8,14H,6H2,1H3. The topological polar surface area (TPSA) is 47.0 Å². The molecule has 0 bridgehead atoms. The molecule has 5 heteroatoms. The minimum Gasteiger partial charge on any atom is -0.424 e. The summed E-state index contributed by atoms with van der Waals surface area (Å²) >= 11 is 3.27. The average molecular weight is 294 g/mol. The Labute approximate surface area is 108 Å². The van der Waals surface area contributed by atoms with E-state index in [1.165, 1.54) is 0 Å². The summed E-state index contributed by atoms with van der Waals surface area (Å²) in [5.41, 5.74) is 1.15. The Morgan fingerprint density at radius 2 is 2.06 bits per heavy atom. The molecule has 0 aliphatic rings. The molecule has 2 aromatic rings. The third-order valence-electron chi connectivity index (χ3n) is 2.09. The third kappa shape index (κ3) is 3.51. The van der Waals surface area contributed by atoms with Crippen LogP contribution < -0.4 is 10.1 Å². The van der Waals surface area contributed by atoms with E-state index in [0.29, 0.717) is 6.01 Å². The molecule has 2 rings (SSSR count). The average Bonchev–Trinajstić information content (AvgIpc) is 2.33. The molecule has 0 fully saturated rings. The summed E-state index contributed by atoms with van der Waals surface area (Å²) in [4.78, 5) is 8.11. The molecule has 1 aromatic heterocycles. The summed E-state index contributed by atoms with van der Waals surface area (Å²) in [6, 6.07) is 8.16. The monoisotopic (exact) mass is 293 g/mol. The quantitative estimate of drug-likeness (QED) is 0.942. The number of nitrogens with zero attached hydrogens (tertiary/aromatic N) is 2. The first-order valence-corrected chi connectivity index (χ1v) is 5.96. The van der Waals surface area contributed by atoms with Crippen LogP contribution in [0.25, 0.3) is 0 Å². The molecule has 1 aromatic carbocycles. The van der Waals surface area contributed by atoms with Gasteiger partial charge in [0, 0.05) is 18.9 Å². The smallest absolute Gasteiger partial charge is 0.321 e. The van der Waals surface area contributed by atoms with Gasteiger partial charge in [0.25, 0.3) is 0 Å². The van der Waals surface area contributed by atoms with E-state index in [0.717, 1.165) is 22.3 Å². The van der Waals surface area contributed by atoms with Gasteiger partial charge in [-0.1, -0.05) is 12.1 Å². The van der Waals surface area contributed by atoms with Crippen molar-refractivity contribution in [1.82, 2.24) is 15.3 Å². The van der Waals surface area contributed by atoms with Gasteiger partial charge in [-0.3, -0.25) is 0 Å². The Hall–Kier alpha value is -1.46. The molecule has 0 aliphatic heterocycles. The maximum atomic E-state index is 5.55. The van der Waals surface area contributed by atoms with Crippen molar-refractivity contribution in [3.8, 4) is 11.8 Å². The highest BCUT2D eigenvalue weighted by atomic mass is 79.9. The Balaban J connectivity index is 2.12. The van der Waals surface area contributed by atoms with Crippen LogP contribution in [-0.4, -0.2) is 17.0 Å². The highest BCUT2D eigenvalue weighted by Crippen LogP contribution is 2.19. The number of benzene rings is 1. The first-order chi connectivity index (χ1) is 8.28. The normalized spacial score (nSPS) is 10.2. The van der Waals surface area contributed by atoms with Gasteiger partial charge in [0.05, 0.1) is 4.47 Å². The number of aromatic nitrogens is 2. The van der Waals surface area contributed by atoms with Crippen molar-refractivity contribution in [1.29, 1.82) is 0 Å². The lowest BCUT2D eigenvalue weighted by atomic mass is 10.2. The number of ether oxygens (including phenoxy) is 1. The first-order valence-electron chi connectivity index (χ1n) is 5.17. The van der Waals surface area contributed by atoms with E-state index in [4.69, 9.17) is 4.74 Å². The fourth-order valence-corrected chi connectivity index (χ4v) is 1.59. The van der Waals surface area contributed by atoms with E-state index in [1.54, 1.807) is 12.4 Å². The largest absolute Gasteiger partial charge is 0.424 e. The van der Waals surface area contributed by atoms with Gasteiger partial charge in [0.15, 0.2) is 0 Å². The van der Waals surface area contributed by atoms with E-state index in [-0.39, 0.29) is 0 Å². The van der Waals surface area contributed by atoms with E-state index < -0.39 is 0 Å². The summed E-state index contributed by atoms with van der Waals surface area (Å²) in [5.74, 6) is 0.736. The van der Waals surface area contributed by atoms with E-state index in [2.05, 4.69) is 31.2 Å². The zero-order chi connectivity index (χ0) is 12.1. The molecule has 4 nitrogen and oxygen atoms in total. The molecular formula is C12H12BrN3O. The van der Waals surface area contributed by atoms with Crippen LogP contribution >= 0.6 is 15.9 Å². The highest BCUT2D eigenvalue weighted by Gasteiger charge is 2.01. The molecule has 0 amide bonds. The van der Waals surface area contributed by atoms with E-state index >= 15 is 0 Å². The summed E-state index contributed by atoms with van der Waals surface area (Å²) < 4.78 is 6.38. The minimum atomic E-state index is 0.342. The summed E-state index contributed by atoms with van der Waals surface area (Å²) in [6.07, 6.45) is 3.31. The Morgan fingerprint density at radius 1 is 1.29 bits per heavy atom. The highest BCUT2D eigenvalue weighted by molar-refractivity contribution is 9.10. The van der Waals surface area contributed by atoms with Crippen molar-refractivity contribution < 1.29 is 4.74 Å². The molecule has 0 atom stereocenters. The maximum absolute atomic E-state index is 5.55. The molecule has 1 N–H and O–H groups in total. The van der Waals surface area contributed by atoms with Gasteiger partial charge in [0.2, 0.25) is 0 Å². The molecule has 0 spiro atoms. The molecule has 0 radical (unpaired) electrons. The van der Waals surface area contributed by atoms with Crippen molar-refractivity contribution in [3.05, 3.63) is 46.7 Å². The number of hydrogen-bond acceptors (Lipinski definition) is 4. The fraction of sp³-hybridized carbons (Fsp3) is 0.167. The minimum absolute atomic E-state index is 0.342. The maximum Gasteiger partial charge on any atom is 0.321 e. The number of rotatable bonds is 4. The van der Waals surface area contributed by atoms with Crippen molar-refractivity contribution in [2.75, 3.05) is 7.05 Å². The Morgan fingerprint density at radius 3 is 2.76 bits per heavy atom. The first kappa shape index (κ1) is 12.0. The van der Waals surface area contributed by atoms with Gasteiger partial charge in [-0.25, -0.2) is 9.97 Å². The van der Waals surface area contributed by atoms with Gasteiger partial charge in [-0.2, -0.15) is 0 Å². The second-order valence-corrected chi connectivity index (χ2v) is 4.38. The number of nitrogens with one attached hydrogen (secondary N) is 1. The van der Waals surface area contributed by atoms with Crippen LogP contribution in [0.4, 0.5) is 0 Å². The zero-order valence-corrected chi connectivity index (χ0v) is 10.9. The lowest BCUT2D eigenvalue weighted by Crippen LogP contribution is -2.04. The van der Waals surface area contributed by atoms with E-state index in [1.807, 2.05) is 31.3 Å². The van der Waals surface area contributed by atoms with Crippen LogP contribution in [0, 0.1) is 0 Å². The molecule has 17 heavy (non-hydrogen) atoms. The predicted octanol–water partition coefficient (Wildman–Crippen LogP) is 2.75. The van der Waals surface area contributed by atoms with Gasteiger partial charge < -0.3 is 10.1 Å². The fourth-order valence-electron chi connectivity index (χ4n) is 1.38. The summed E-state index contributed by atoms with van der Waals surface area (Å²) in [7, 11) is 1.91. The predicted molar refractivity (Wildman–Crippen MR) is 69.0 cm³/mol. The molecule has 1 heterocycles. The summed E-state index contributed by atoms with van der Waals surface area (Å²) in [5, 5.41) is 3.09. The Kier molecular flexibility index (Phi) is 4.06. The van der Waals surface area contributed by atoms with Gasteiger partial charge in [-0.15, -0.1) is 0 Å². The molecule has 0 saturated heterocycles. The summed E-state index contributed by atoms with van der Waals surface area (Å²) in [6.45, 7) is 0.804. The molecule has 0 unspecified atom stereocenters. The zero-order valence-electron chi connectivity index (χ0n) is 9.35. The van der Waals surface area contributed by atoms with Crippen LogP contribution in [0.5, 0.6) is 11.8 Å². The van der Waals surface area contributed by atoms with Crippen molar-refractivity contribution >= 4 is 15.9 Å². The van der Waals surface area contributed by atoms with Gasteiger partial charge in [0.1, 0.15) is 5.75 Å². The molecule has 0 aliphatic carbocycles. The molecule has 0 saturated carbocycles. The van der Waals surface area contributed by atoms with Crippen LogP contribution in [-0.2, 0) is 6.54 Å². The van der Waals surface area contributed by atoms with E-state index in [9.17, 15) is 0 Å². The molecule has 88 valence electrons. The van der Waals surface area contributed by atoms with Crippen molar-refractivity contribution in [2.45, 2.75) is 6.54 Å². The van der Waals surface area contributed by atoms with Crippen LogP contribution in [0.2, 0.25) is 0 Å². The second kappa shape index (κ2) is 5.75. The Bertz CT molecular complexity index is 487. The molecular weight excluding hydrogens is 282 g/mol. The van der Waals surface area contributed by atoms with Crippen LogP contribution in [0.3, 0.4) is 0 Å². The third-order valence-corrected chi connectivity index (χ3v) is 2.49. The second-order valence-electron chi connectivity index (χ2n) is 3.46. The van der Waals surface area contributed by atoms with Crippen LogP contribution in [0.15, 0.2) is 41.1 Å². The van der Waals surface area contributed by atoms with Gasteiger partial charge >= 0.3 is 6.01 Å². The van der Waals surface area contributed by atoms with Crippen LogP contribution in [0.1, 0.15) is 5.56 Å². The van der Waals surface area contributed by atoms with Crippen molar-refractivity contribution in [2.24, 2.45) is 0 Å². The van der Waals surface area contributed by atoms with Gasteiger partial charge in [-0.05, 0) is 40.7 Å². The SMILES string of the molecule is CNCc1cccc(Oc2ncc(Br)cn2)c1. The lowest BCUT2D eigenvalue weighted by molar-refractivity contribution is 0.440. The lowest BCUT2D eigenvalue weighted by Gasteiger charge is -2.05.